The van der Waals surface area contributed by atoms with Gasteiger partial charge in [0.25, 0.3) is 11.7 Å². The molecule has 0 radical (unpaired) electrons. The molecule has 33 heavy (non-hydrogen) atoms. The molecule has 2 aromatic rings. The second-order valence-corrected chi connectivity index (χ2v) is 9.33. The van der Waals surface area contributed by atoms with Crippen LogP contribution in [0.3, 0.4) is 0 Å². The fraction of sp³-hybridized carbons (Fsp3) is 0.360. The van der Waals surface area contributed by atoms with Crippen molar-refractivity contribution in [2.45, 2.75) is 32.4 Å². The van der Waals surface area contributed by atoms with Gasteiger partial charge in [-0.1, -0.05) is 29.3 Å². The first-order valence-corrected chi connectivity index (χ1v) is 11.5. The molecule has 1 fully saturated rings. The molecule has 0 bridgehead atoms. The van der Waals surface area contributed by atoms with Crippen LogP contribution in [-0.4, -0.2) is 59.9 Å². The van der Waals surface area contributed by atoms with E-state index in [0.717, 1.165) is 6.54 Å². The highest BCUT2D eigenvalue weighted by Crippen LogP contribution is 2.41. The van der Waals surface area contributed by atoms with E-state index in [4.69, 9.17) is 27.9 Å². The molecule has 0 aliphatic carbocycles. The fourth-order valence-corrected chi connectivity index (χ4v) is 4.12. The van der Waals surface area contributed by atoms with Gasteiger partial charge in [-0.2, -0.15) is 0 Å². The van der Waals surface area contributed by atoms with Crippen LogP contribution in [-0.2, 0) is 9.59 Å². The van der Waals surface area contributed by atoms with Gasteiger partial charge in [-0.3, -0.25) is 9.59 Å². The number of benzene rings is 2. The number of carbonyl (C=O) groups is 2. The second kappa shape index (κ2) is 10.6. The predicted molar refractivity (Wildman–Crippen MR) is 131 cm³/mol. The molecule has 6 nitrogen and oxygen atoms in total. The number of aliphatic hydroxyl groups is 1. The number of rotatable bonds is 8. The lowest BCUT2D eigenvalue weighted by Crippen LogP contribution is -2.32. The summed E-state index contributed by atoms with van der Waals surface area (Å²) in [6, 6.07) is 11.0. The zero-order valence-electron chi connectivity index (χ0n) is 19.1. The molecule has 8 heteroatoms. The van der Waals surface area contributed by atoms with E-state index >= 15 is 0 Å². The molecule has 1 N–H and O–H groups in total. The predicted octanol–water partition coefficient (Wildman–Crippen LogP) is 5.15. The standard InChI is InChI=1S/C25H28Cl2N2O4/c1-15(2)33-18-9-6-16(7-10-18)23(30)21-22(17-8-11-19(26)20(27)14-17)29(25(32)24(21)31)13-5-12-28(3)4/h6-11,14-15,22,30H,5,12-13H2,1-4H3/b23-21+. The van der Waals surface area contributed by atoms with E-state index in [1.807, 2.05) is 32.8 Å². The third-order valence-electron chi connectivity index (χ3n) is 5.30. The Morgan fingerprint density at radius 3 is 2.33 bits per heavy atom. The molecule has 3 rings (SSSR count). The van der Waals surface area contributed by atoms with Gasteiger partial charge in [0.05, 0.1) is 27.8 Å². The number of amides is 1. The van der Waals surface area contributed by atoms with E-state index in [1.54, 1.807) is 42.5 Å². The Morgan fingerprint density at radius 1 is 1.09 bits per heavy atom. The summed E-state index contributed by atoms with van der Waals surface area (Å²) in [5.41, 5.74) is 1.05. The SMILES string of the molecule is CC(C)Oc1ccc(/C(O)=C2\C(=O)C(=O)N(CCCN(C)C)C2c2ccc(Cl)c(Cl)c2)cc1. The summed E-state index contributed by atoms with van der Waals surface area (Å²) in [4.78, 5) is 29.5. The monoisotopic (exact) mass is 490 g/mol. The van der Waals surface area contributed by atoms with Crippen molar-refractivity contribution in [2.24, 2.45) is 0 Å². The minimum absolute atomic E-state index is 0.00610. The lowest BCUT2D eigenvalue weighted by molar-refractivity contribution is -0.139. The van der Waals surface area contributed by atoms with Gasteiger partial charge >= 0.3 is 0 Å². The third kappa shape index (κ3) is 5.69. The van der Waals surface area contributed by atoms with Crippen LogP contribution in [0.4, 0.5) is 0 Å². The molecule has 1 aliphatic heterocycles. The fourth-order valence-electron chi connectivity index (χ4n) is 3.82. The van der Waals surface area contributed by atoms with Crippen LogP contribution >= 0.6 is 23.2 Å². The lowest BCUT2D eigenvalue weighted by atomic mass is 9.95. The number of likely N-dealkylation sites (tertiary alicyclic amines) is 1. The van der Waals surface area contributed by atoms with Crippen molar-refractivity contribution >= 4 is 40.7 Å². The van der Waals surface area contributed by atoms with Gasteiger partial charge in [0.15, 0.2) is 0 Å². The second-order valence-electron chi connectivity index (χ2n) is 8.51. The van der Waals surface area contributed by atoms with Crippen molar-refractivity contribution < 1.29 is 19.4 Å². The summed E-state index contributed by atoms with van der Waals surface area (Å²) in [7, 11) is 3.88. The van der Waals surface area contributed by atoms with Crippen molar-refractivity contribution in [1.82, 2.24) is 9.80 Å². The summed E-state index contributed by atoms with van der Waals surface area (Å²) >= 11 is 12.3. The molecular formula is C25H28Cl2N2O4. The van der Waals surface area contributed by atoms with Crippen molar-refractivity contribution in [3.63, 3.8) is 0 Å². The summed E-state index contributed by atoms with van der Waals surface area (Å²) in [5.74, 6) is -0.968. The van der Waals surface area contributed by atoms with Crippen molar-refractivity contribution in [3.05, 3.63) is 69.2 Å². The first kappa shape index (κ1) is 25.1. The number of carbonyl (C=O) groups excluding carboxylic acids is 2. The van der Waals surface area contributed by atoms with Gasteiger partial charge in [-0.05, 0) is 82.9 Å². The van der Waals surface area contributed by atoms with E-state index in [1.165, 1.54) is 4.90 Å². The Morgan fingerprint density at radius 2 is 1.76 bits per heavy atom. The molecule has 0 aromatic heterocycles. The normalized spacial score (nSPS) is 17.9. The number of hydrogen-bond acceptors (Lipinski definition) is 5. The average molecular weight is 491 g/mol. The van der Waals surface area contributed by atoms with Gasteiger partial charge in [-0.25, -0.2) is 0 Å². The number of ether oxygens (including phenoxy) is 1. The molecule has 0 saturated carbocycles. The highest BCUT2D eigenvalue weighted by Gasteiger charge is 2.45. The van der Waals surface area contributed by atoms with Crippen molar-refractivity contribution in [1.29, 1.82) is 0 Å². The van der Waals surface area contributed by atoms with Crippen LogP contribution in [0.1, 0.15) is 37.4 Å². The Labute approximate surface area is 204 Å². The first-order valence-electron chi connectivity index (χ1n) is 10.7. The van der Waals surface area contributed by atoms with E-state index in [2.05, 4.69) is 0 Å². The van der Waals surface area contributed by atoms with E-state index < -0.39 is 17.7 Å². The maximum atomic E-state index is 13.1. The minimum atomic E-state index is -0.770. The summed E-state index contributed by atoms with van der Waals surface area (Å²) in [5, 5.41) is 11.8. The van der Waals surface area contributed by atoms with Gasteiger partial charge < -0.3 is 19.6 Å². The molecule has 2 aromatic carbocycles. The quantitative estimate of drug-likeness (QED) is 0.314. The number of halogens is 2. The molecule has 1 saturated heterocycles. The number of Topliss-reactive ketones (excluding diaryl/α,β-unsaturated/α-hetero) is 1. The molecule has 1 unspecified atom stereocenters. The highest BCUT2D eigenvalue weighted by atomic mass is 35.5. The zero-order valence-corrected chi connectivity index (χ0v) is 20.7. The van der Waals surface area contributed by atoms with Crippen LogP contribution in [0.2, 0.25) is 10.0 Å². The Balaban J connectivity index is 2.06. The van der Waals surface area contributed by atoms with Crippen LogP contribution < -0.4 is 4.74 Å². The van der Waals surface area contributed by atoms with Gasteiger partial charge in [0.2, 0.25) is 0 Å². The lowest BCUT2D eigenvalue weighted by Gasteiger charge is -2.26. The third-order valence-corrected chi connectivity index (χ3v) is 6.04. The van der Waals surface area contributed by atoms with Gasteiger partial charge in [0, 0.05) is 12.1 Å². The van der Waals surface area contributed by atoms with Crippen LogP contribution in [0.25, 0.3) is 5.76 Å². The molecule has 1 amide bonds. The molecule has 176 valence electrons. The van der Waals surface area contributed by atoms with Crippen LogP contribution in [0.15, 0.2) is 48.0 Å². The molecule has 1 heterocycles. The van der Waals surface area contributed by atoms with E-state index in [-0.39, 0.29) is 17.4 Å². The van der Waals surface area contributed by atoms with E-state index in [0.29, 0.717) is 39.9 Å². The highest BCUT2D eigenvalue weighted by molar-refractivity contribution is 6.46. The number of hydrogen-bond donors (Lipinski definition) is 1. The Bertz CT molecular complexity index is 1060. The number of nitrogens with zero attached hydrogens (tertiary/aromatic N) is 2. The van der Waals surface area contributed by atoms with Gasteiger partial charge in [-0.15, -0.1) is 0 Å². The Hall–Kier alpha value is -2.54. The number of aliphatic hydroxyl groups excluding tert-OH is 1. The molecule has 1 atom stereocenters. The first-order chi connectivity index (χ1) is 15.6. The molecular weight excluding hydrogens is 463 g/mol. The zero-order chi connectivity index (χ0) is 24.3. The van der Waals surface area contributed by atoms with E-state index in [9.17, 15) is 14.7 Å². The smallest absolute Gasteiger partial charge is 0.295 e. The minimum Gasteiger partial charge on any atom is -0.507 e. The average Bonchev–Trinajstić information content (AvgIpc) is 3.00. The summed E-state index contributed by atoms with van der Waals surface area (Å²) < 4.78 is 5.65. The van der Waals surface area contributed by atoms with Crippen LogP contribution in [0.5, 0.6) is 5.75 Å². The van der Waals surface area contributed by atoms with Gasteiger partial charge in [0.1, 0.15) is 11.5 Å². The maximum absolute atomic E-state index is 13.1. The summed E-state index contributed by atoms with van der Waals surface area (Å²) in [6.45, 7) is 4.94. The topological polar surface area (TPSA) is 70.1 Å². The number of ketones is 1. The largest absolute Gasteiger partial charge is 0.507 e. The van der Waals surface area contributed by atoms with Crippen molar-refractivity contribution in [2.75, 3.05) is 27.2 Å². The molecule has 1 aliphatic rings. The molecule has 0 spiro atoms. The Kier molecular flexibility index (Phi) is 8.05. The summed E-state index contributed by atoms with van der Waals surface area (Å²) in [6.07, 6.45) is 0.672. The van der Waals surface area contributed by atoms with Crippen molar-refractivity contribution in [3.8, 4) is 5.75 Å². The maximum Gasteiger partial charge on any atom is 0.295 e. The van der Waals surface area contributed by atoms with Crippen LogP contribution in [0, 0.1) is 0 Å².